The summed E-state index contributed by atoms with van der Waals surface area (Å²) in [6.07, 6.45) is 0. The maximum atomic E-state index is 6.21. The predicted molar refractivity (Wildman–Crippen MR) is 72.2 cm³/mol. The Hall–Kier alpha value is -1.45. The Kier molecular flexibility index (Phi) is 3.64. The Morgan fingerprint density at radius 3 is 2.56 bits per heavy atom. The third-order valence-corrected chi connectivity index (χ3v) is 3.25. The van der Waals surface area contributed by atoms with Gasteiger partial charge in [0, 0.05) is 10.6 Å². The number of halogens is 1. The van der Waals surface area contributed by atoms with Gasteiger partial charge >= 0.3 is 0 Å². The number of nitrogens with two attached hydrogens (primary N) is 1. The van der Waals surface area contributed by atoms with Crippen LogP contribution in [0.15, 0.2) is 28.7 Å². The number of hydrogen-bond donors (Lipinski definition) is 1. The van der Waals surface area contributed by atoms with E-state index in [2.05, 4.69) is 0 Å². The van der Waals surface area contributed by atoms with Crippen molar-refractivity contribution in [2.75, 3.05) is 7.11 Å². The molecule has 1 heterocycles. The van der Waals surface area contributed by atoms with Crippen molar-refractivity contribution in [2.45, 2.75) is 19.9 Å². The lowest BCUT2D eigenvalue weighted by atomic mass is 10.0. The summed E-state index contributed by atoms with van der Waals surface area (Å²) in [5.74, 6) is 2.30. The van der Waals surface area contributed by atoms with Gasteiger partial charge < -0.3 is 14.9 Å². The van der Waals surface area contributed by atoms with Crippen LogP contribution in [-0.2, 0) is 0 Å². The highest BCUT2D eigenvalue weighted by molar-refractivity contribution is 6.30. The molecule has 0 aliphatic rings. The van der Waals surface area contributed by atoms with Gasteiger partial charge in [0.25, 0.3) is 0 Å². The molecule has 96 valence electrons. The van der Waals surface area contributed by atoms with E-state index in [1.54, 1.807) is 25.3 Å². The van der Waals surface area contributed by atoms with Gasteiger partial charge in [-0.25, -0.2) is 0 Å². The molecule has 3 nitrogen and oxygen atoms in total. The normalized spacial score (nSPS) is 12.5. The van der Waals surface area contributed by atoms with Crippen molar-refractivity contribution >= 4 is 11.6 Å². The van der Waals surface area contributed by atoms with E-state index in [1.807, 2.05) is 19.9 Å². The van der Waals surface area contributed by atoms with Crippen LogP contribution < -0.4 is 10.5 Å². The fraction of sp³-hybridized carbons (Fsp3) is 0.286. The summed E-state index contributed by atoms with van der Waals surface area (Å²) < 4.78 is 10.9. The molecule has 2 rings (SSSR count). The molecule has 1 aromatic carbocycles. The van der Waals surface area contributed by atoms with Crippen LogP contribution >= 0.6 is 11.6 Å². The van der Waals surface area contributed by atoms with Gasteiger partial charge in [0.1, 0.15) is 17.3 Å². The molecule has 0 spiro atoms. The molecule has 1 atom stereocenters. The van der Waals surface area contributed by atoms with Gasteiger partial charge in [-0.05, 0) is 43.7 Å². The third kappa shape index (κ3) is 2.37. The molecule has 1 aromatic heterocycles. The predicted octanol–water partition coefficient (Wildman–Crippen LogP) is 3.61. The first-order chi connectivity index (χ1) is 8.52. The van der Waals surface area contributed by atoms with E-state index in [-0.39, 0.29) is 6.04 Å². The van der Waals surface area contributed by atoms with Crippen molar-refractivity contribution in [3.8, 4) is 5.75 Å². The second-order valence-corrected chi connectivity index (χ2v) is 4.69. The minimum Gasteiger partial charge on any atom is -0.496 e. The van der Waals surface area contributed by atoms with Gasteiger partial charge in [0.15, 0.2) is 0 Å². The molecule has 2 aromatic rings. The SMILES string of the molecule is COc1ccc(Cl)cc1C(N)c1cc(C)c(C)o1. The van der Waals surface area contributed by atoms with Crippen LogP contribution in [0.25, 0.3) is 0 Å². The van der Waals surface area contributed by atoms with Gasteiger partial charge in [-0.1, -0.05) is 11.6 Å². The fourth-order valence-corrected chi connectivity index (χ4v) is 2.04. The Morgan fingerprint density at radius 2 is 2.00 bits per heavy atom. The van der Waals surface area contributed by atoms with Crippen LogP contribution in [0.1, 0.15) is 28.7 Å². The molecule has 0 radical (unpaired) electrons. The second-order valence-electron chi connectivity index (χ2n) is 4.25. The van der Waals surface area contributed by atoms with E-state index in [4.69, 9.17) is 26.5 Å². The van der Waals surface area contributed by atoms with E-state index in [0.29, 0.717) is 16.5 Å². The quantitative estimate of drug-likeness (QED) is 0.922. The van der Waals surface area contributed by atoms with Crippen molar-refractivity contribution in [1.29, 1.82) is 0 Å². The lowest BCUT2D eigenvalue weighted by Crippen LogP contribution is -2.12. The number of aryl methyl sites for hydroxylation is 2. The van der Waals surface area contributed by atoms with Gasteiger partial charge in [-0.3, -0.25) is 0 Å². The van der Waals surface area contributed by atoms with E-state index >= 15 is 0 Å². The van der Waals surface area contributed by atoms with Crippen LogP contribution in [0, 0.1) is 13.8 Å². The topological polar surface area (TPSA) is 48.4 Å². The van der Waals surface area contributed by atoms with Crippen molar-refractivity contribution < 1.29 is 9.15 Å². The first-order valence-corrected chi connectivity index (χ1v) is 6.06. The first-order valence-electron chi connectivity index (χ1n) is 5.69. The summed E-state index contributed by atoms with van der Waals surface area (Å²) >= 11 is 6.00. The van der Waals surface area contributed by atoms with Crippen LogP contribution in [0.2, 0.25) is 5.02 Å². The van der Waals surface area contributed by atoms with Gasteiger partial charge in [0.05, 0.1) is 13.2 Å². The summed E-state index contributed by atoms with van der Waals surface area (Å²) in [6.45, 7) is 3.91. The molecule has 0 aliphatic heterocycles. The van der Waals surface area contributed by atoms with Crippen LogP contribution in [0.3, 0.4) is 0 Å². The molecule has 0 aliphatic carbocycles. The molecule has 0 saturated carbocycles. The van der Waals surface area contributed by atoms with Crippen LogP contribution in [-0.4, -0.2) is 7.11 Å². The van der Waals surface area contributed by atoms with Crippen LogP contribution in [0.5, 0.6) is 5.75 Å². The molecule has 4 heteroatoms. The zero-order chi connectivity index (χ0) is 13.3. The summed E-state index contributed by atoms with van der Waals surface area (Å²) in [5, 5.41) is 0.626. The van der Waals surface area contributed by atoms with E-state index in [0.717, 1.165) is 16.9 Å². The second kappa shape index (κ2) is 5.04. The summed E-state index contributed by atoms with van der Waals surface area (Å²) in [5.41, 5.74) is 8.11. The Labute approximate surface area is 111 Å². The average molecular weight is 266 g/mol. The maximum Gasteiger partial charge on any atom is 0.125 e. The molecule has 0 amide bonds. The summed E-state index contributed by atoms with van der Waals surface area (Å²) in [7, 11) is 1.61. The number of rotatable bonds is 3. The molecular weight excluding hydrogens is 250 g/mol. The Balaban J connectivity index is 2.44. The number of benzene rings is 1. The zero-order valence-corrected chi connectivity index (χ0v) is 11.4. The smallest absolute Gasteiger partial charge is 0.125 e. The minimum absolute atomic E-state index is 0.383. The number of furan rings is 1. The molecule has 2 N–H and O–H groups in total. The Bertz CT molecular complexity index is 543. The third-order valence-electron chi connectivity index (χ3n) is 3.02. The highest BCUT2D eigenvalue weighted by Crippen LogP contribution is 2.32. The lowest BCUT2D eigenvalue weighted by molar-refractivity contribution is 0.401. The first kappa shape index (κ1) is 13.0. The molecule has 0 saturated heterocycles. The minimum atomic E-state index is -0.383. The van der Waals surface area contributed by atoms with Crippen molar-refractivity contribution in [3.63, 3.8) is 0 Å². The number of methoxy groups -OCH3 is 1. The standard InChI is InChI=1S/C14H16ClNO2/c1-8-6-13(18-9(8)2)14(16)11-7-10(15)4-5-12(11)17-3/h4-7,14H,16H2,1-3H3. The largest absolute Gasteiger partial charge is 0.496 e. The van der Waals surface area contributed by atoms with E-state index < -0.39 is 0 Å². The lowest BCUT2D eigenvalue weighted by Gasteiger charge is -2.14. The van der Waals surface area contributed by atoms with E-state index in [9.17, 15) is 0 Å². The molecule has 0 bridgehead atoms. The number of hydrogen-bond acceptors (Lipinski definition) is 3. The zero-order valence-electron chi connectivity index (χ0n) is 10.7. The van der Waals surface area contributed by atoms with Gasteiger partial charge in [-0.15, -0.1) is 0 Å². The monoisotopic (exact) mass is 265 g/mol. The highest BCUT2D eigenvalue weighted by atomic mass is 35.5. The molecular formula is C14H16ClNO2. The van der Waals surface area contributed by atoms with Gasteiger partial charge in [-0.2, -0.15) is 0 Å². The van der Waals surface area contributed by atoms with Crippen molar-refractivity contribution in [3.05, 3.63) is 51.9 Å². The maximum absolute atomic E-state index is 6.21. The fourth-order valence-electron chi connectivity index (χ4n) is 1.86. The van der Waals surface area contributed by atoms with Gasteiger partial charge in [0.2, 0.25) is 0 Å². The van der Waals surface area contributed by atoms with Crippen molar-refractivity contribution in [1.82, 2.24) is 0 Å². The van der Waals surface area contributed by atoms with Crippen molar-refractivity contribution in [2.24, 2.45) is 5.73 Å². The molecule has 18 heavy (non-hydrogen) atoms. The summed E-state index contributed by atoms with van der Waals surface area (Å²) in [6, 6.07) is 6.94. The molecule has 1 unspecified atom stereocenters. The van der Waals surface area contributed by atoms with E-state index in [1.165, 1.54) is 0 Å². The molecule has 0 fully saturated rings. The van der Waals surface area contributed by atoms with Crippen LogP contribution in [0.4, 0.5) is 0 Å². The average Bonchev–Trinajstić information content (AvgIpc) is 2.68. The Morgan fingerprint density at radius 1 is 1.28 bits per heavy atom. The summed E-state index contributed by atoms with van der Waals surface area (Å²) in [4.78, 5) is 0. The number of ether oxygens (including phenoxy) is 1. The highest BCUT2D eigenvalue weighted by Gasteiger charge is 2.18.